The van der Waals surface area contributed by atoms with Gasteiger partial charge in [-0.2, -0.15) is 0 Å². The summed E-state index contributed by atoms with van der Waals surface area (Å²) in [6.45, 7) is 0.915. The predicted octanol–water partition coefficient (Wildman–Crippen LogP) is 0.172. The van der Waals surface area contributed by atoms with Crippen molar-refractivity contribution in [3.05, 3.63) is 18.2 Å². The molecule has 1 unspecified atom stereocenters. The van der Waals surface area contributed by atoms with Crippen molar-refractivity contribution in [2.75, 3.05) is 26.9 Å². The molecular formula is C13H16N2O5S. The molecule has 8 heteroatoms. The van der Waals surface area contributed by atoms with Crippen LogP contribution in [0.2, 0.25) is 0 Å². The fraction of sp³-hybridized carbons (Fsp3) is 0.462. The molecule has 1 aromatic carbocycles. The van der Waals surface area contributed by atoms with Crippen LogP contribution in [-0.2, 0) is 14.8 Å². The van der Waals surface area contributed by atoms with E-state index in [1.165, 1.54) is 12.1 Å². The Morgan fingerprint density at radius 3 is 2.81 bits per heavy atom. The van der Waals surface area contributed by atoms with Crippen LogP contribution in [0.15, 0.2) is 23.1 Å². The van der Waals surface area contributed by atoms with Gasteiger partial charge in [0.25, 0.3) is 0 Å². The third kappa shape index (κ3) is 2.81. The second-order valence-corrected chi connectivity index (χ2v) is 6.98. The highest BCUT2D eigenvalue weighted by Gasteiger charge is 2.28. The van der Waals surface area contributed by atoms with E-state index in [0.29, 0.717) is 24.5 Å². The molecule has 0 saturated carbocycles. The smallest absolute Gasteiger partial charge is 0.240 e. The van der Waals surface area contributed by atoms with Gasteiger partial charge in [0.05, 0.1) is 4.90 Å². The molecule has 7 nitrogen and oxygen atoms in total. The van der Waals surface area contributed by atoms with E-state index < -0.39 is 10.0 Å². The summed E-state index contributed by atoms with van der Waals surface area (Å²) < 4.78 is 37.4. The Kier molecular flexibility index (Phi) is 3.50. The summed E-state index contributed by atoms with van der Waals surface area (Å²) >= 11 is 0. The van der Waals surface area contributed by atoms with Crippen molar-refractivity contribution in [2.45, 2.75) is 11.3 Å². The summed E-state index contributed by atoms with van der Waals surface area (Å²) in [5.41, 5.74) is 0. The number of carbonyl (C=O) groups is 1. The summed E-state index contributed by atoms with van der Waals surface area (Å²) in [6, 6.07) is 4.49. The van der Waals surface area contributed by atoms with Crippen LogP contribution < -0.4 is 14.2 Å². The van der Waals surface area contributed by atoms with Crippen LogP contribution in [0.4, 0.5) is 0 Å². The van der Waals surface area contributed by atoms with Crippen LogP contribution in [0.25, 0.3) is 0 Å². The molecule has 1 amide bonds. The number of benzene rings is 1. The number of hydrogen-bond donors (Lipinski definition) is 1. The molecule has 2 heterocycles. The molecule has 1 saturated heterocycles. The second-order valence-electron chi connectivity index (χ2n) is 5.21. The molecule has 1 fully saturated rings. The number of ether oxygens (including phenoxy) is 2. The van der Waals surface area contributed by atoms with Crippen LogP contribution in [0, 0.1) is 5.92 Å². The van der Waals surface area contributed by atoms with Gasteiger partial charge in [-0.25, -0.2) is 13.1 Å². The Labute approximate surface area is 122 Å². The van der Waals surface area contributed by atoms with Crippen molar-refractivity contribution >= 4 is 15.9 Å². The summed E-state index contributed by atoms with van der Waals surface area (Å²) in [6.07, 6.45) is 0.375. The first kappa shape index (κ1) is 14.2. The third-order valence-electron chi connectivity index (χ3n) is 3.64. The topological polar surface area (TPSA) is 84.9 Å². The lowest BCUT2D eigenvalue weighted by Crippen LogP contribution is -2.30. The van der Waals surface area contributed by atoms with Crippen molar-refractivity contribution in [1.29, 1.82) is 0 Å². The fourth-order valence-electron chi connectivity index (χ4n) is 2.45. The summed E-state index contributed by atoms with van der Waals surface area (Å²) in [5.74, 6) is 1.01. The van der Waals surface area contributed by atoms with Crippen LogP contribution in [-0.4, -0.2) is 46.2 Å². The van der Waals surface area contributed by atoms with Gasteiger partial charge < -0.3 is 14.4 Å². The van der Waals surface area contributed by atoms with E-state index in [9.17, 15) is 13.2 Å². The quantitative estimate of drug-likeness (QED) is 0.857. The Morgan fingerprint density at radius 1 is 1.33 bits per heavy atom. The van der Waals surface area contributed by atoms with Crippen LogP contribution >= 0.6 is 0 Å². The second kappa shape index (κ2) is 5.19. The molecule has 0 bridgehead atoms. The largest absolute Gasteiger partial charge is 0.454 e. The lowest BCUT2D eigenvalue weighted by molar-refractivity contribution is -0.126. The van der Waals surface area contributed by atoms with E-state index in [1.807, 2.05) is 0 Å². The molecular weight excluding hydrogens is 296 g/mol. The first-order chi connectivity index (χ1) is 9.95. The average molecular weight is 312 g/mol. The molecule has 1 aromatic rings. The number of nitrogens with one attached hydrogen (secondary N) is 1. The zero-order valence-electron chi connectivity index (χ0n) is 11.5. The zero-order chi connectivity index (χ0) is 15.0. The van der Waals surface area contributed by atoms with Crippen molar-refractivity contribution in [3.8, 4) is 11.5 Å². The molecule has 1 atom stereocenters. The van der Waals surface area contributed by atoms with E-state index in [4.69, 9.17) is 9.47 Å². The summed E-state index contributed by atoms with van der Waals surface area (Å²) in [4.78, 5) is 13.2. The van der Waals surface area contributed by atoms with Crippen LogP contribution in [0.3, 0.4) is 0 Å². The monoisotopic (exact) mass is 312 g/mol. The standard InChI is InChI=1S/C13H16N2O5S/c1-15-7-9(4-13(15)16)6-14-21(17,18)10-2-3-11-12(5-10)20-8-19-11/h2-3,5,9,14H,4,6-8H2,1H3. The molecule has 2 aliphatic rings. The summed E-state index contributed by atoms with van der Waals surface area (Å²) in [7, 11) is -1.90. The summed E-state index contributed by atoms with van der Waals surface area (Å²) in [5, 5.41) is 0. The number of carbonyl (C=O) groups excluding carboxylic acids is 1. The van der Waals surface area contributed by atoms with Crippen molar-refractivity contribution in [1.82, 2.24) is 9.62 Å². The maximum Gasteiger partial charge on any atom is 0.240 e. The van der Waals surface area contributed by atoms with Gasteiger partial charge >= 0.3 is 0 Å². The highest BCUT2D eigenvalue weighted by molar-refractivity contribution is 7.89. The number of amides is 1. The number of sulfonamides is 1. The molecule has 21 heavy (non-hydrogen) atoms. The van der Waals surface area contributed by atoms with E-state index in [1.54, 1.807) is 18.0 Å². The fourth-order valence-corrected chi connectivity index (χ4v) is 3.58. The lowest BCUT2D eigenvalue weighted by Gasteiger charge is -2.12. The Bertz CT molecular complexity index is 673. The van der Waals surface area contributed by atoms with Gasteiger partial charge in [-0.15, -0.1) is 0 Å². The van der Waals surface area contributed by atoms with Crippen LogP contribution in [0.5, 0.6) is 11.5 Å². The predicted molar refractivity (Wildman–Crippen MR) is 73.5 cm³/mol. The number of fused-ring (bicyclic) bond motifs is 1. The molecule has 2 aliphatic heterocycles. The molecule has 1 N–H and O–H groups in total. The Hall–Kier alpha value is -1.80. The van der Waals surface area contributed by atoms with Gasteiger partial charge in [-0.1, -0.05) is 0 Å². The highest BCUT2D eigenvalue weighted by Crippen LogP contribution is 2.33. The third-order valence-corrected chi connectivity index (χ3v) is 5.06. The minimum absolute atomic E-state index is 0.00582. The highest BCUT2D eigenvalue weighted by atomic mass is 32.2. The van der Waals surface area contributed by atoms with Crippen molar-refractivity contribution in [3.63, 3.8) is 0 Å². The maximum absolute atomic E-state index is 12.2. The maximum atomic E-state index is 12.2. The van der Waals surface area contributed by atoms with Gasteiger partial charge in [0, 0.05) is 32.6 Å². The van der Waals surface area contributed by atoms with Gasteiger partial charge in [0.1, 0.15) is 0 Å². The number of likely N-dealkylation sites (tertiary alicyclic amines) is 1. The molecule has 0 aliphatic carbocycles. The van der Waals surface area contributed by atoms with E-state index in [0.717, 1.165) is 0 Å². The van der Waals surface area contributed by atoms with Gasteiger partial charge in [0.2, 0.25) is 22.7 Å². The van der Waals surface area contributed by atoms with Crippen molar-refractivity contribution in [2.24, 2.45) is 5.92 Å². The number of rotatable bonds is 4. The van der Waals surface area contributed by atoms with Gasteiger partial charge in [-0.05, 0) is 18.1 Å². The van der Waals surface area contributed by atoms with E-state index >= 15 is 0 Å². The minimum atomic E-state index is -3.62. The van der Waals surface area contributed by atoms with Crippen molar-refractivity contribution < 1.29 is 22.7 Å². The first-order valence-corrected chi connectivity index (χ1v) is 8.07. The van der Waals surface area contributed by atoms with E-state index in [-0.39, 0.29) is 30.1 Å². The molecule has 0 spiro atoms. The normalized spacial score (nSPS) is 21.1. The van der Waals surface area contributed by atoms with Gasteiger partial charge in [0.15, 0.2) is 11.5 Å². The first-order valence-electron chi connectivity index (χ1n) is 6.59. The molecule has 3 rings (SSSR count). The molecule has 0 aromatic heterocycles. The van der Waals surface area contributed by atoms with Crippen LogP contribution in [0.1, 0.15) is 6.42 Å². The van der Waals surface area contributed by atoms with E-state index in [2.05, 4.69) is 4.72 Å². The zero-order valence-corrected chi connectivity index (χ0v) is 12.4. The SMILES string of the molecule is CN1CC(CNS(=O)(=O)c2ccc3c(c2)OCO3)CC1=O. The van der Waals surface area contributed by atoms with Gasteiger partial charge in [-0.3, -0.25) is 4.79 Å². The molecule has 0 radical (unpaired) electrons. The Balaban J connectivity index is 1.68. The number of hydrogen-bond acceptors (Lipinski definition) is 5. The minimum Gasteiger partial charge on any atom is -0.454 e. The lowest BCUT2D eigenvalue weighted by atomic mass is 10.1. The Morgan fingerprint density at radius 2 is 2.10 bits per heavy atom. The average Bonchev–Trinajstić information content (AvgIpc) is 3.03. The molecule has 114 valence electrons. The number of nitrogens with zero attached hydrogens (tertiary/aromatic N) is 1.